The van der Waals surface area contributed by atoms with Gasteiger partial charge in [-0.2, -0.15) is 4.31 Å². The van der Waals surface area contributed by atoms with Gasteiger partial charge in [0.1, 0.15) is 11.0 Å². The van der Waals surface area contributed by atoms with E-state index in [1.807, 2.05) is 0 Å². The Kier molecular flexibility index (Phi) is 5.03. The normalized spacial score (nSPS) is 16.0. The molecule has 0 radical (unpaired) electrons. The van der Waals surface area contributed by atoms with Crippen LogP contribution in [0.3, 0.4) is 0 Å². The van der Waals surface area contributed by atoms with Crippen LogP contribution in [-0.4, -0.2) is 54.7 Å². The van der Waals surface area contributed by atoms with Gasteiger partial charge in [-0.1, -0.05) is 11.6 Å². The van der Waals surface area contributed by atoms with Crippen LogP contribution >= 0.6 is 11.6 Å². The predicted molar refractivity (Wildman–Crippen MR) is 90.3 cm³/mol. The van der Waals surface area contributed by atoms with Crippen LogP contribution in [0.2, 0.25) is 5.15 Å². The molecule has 6 nitrogen and oxygen atoms in total. The van der Waals surface area contributed by atoms with Crippen molar-refractivity contribution in [3.63, 3.8) is 0 Å². The van der Waals surface area contributed by atoms with Gasteiger partial charge < -0.3 is 4.90 Å². The summed E-state index contributed by atoms with van der Waals surface area (Å²) in [6.07, 6.45) is 1.40. The van der Waals surface area contributed by atoms with Crippen LogP contribution in [0.1, 0.15) is 10.4 Å². The Bertz CT molecular complexity index is 865. The highest BCUT2D eigenvalue weighted by Gasteiger charge is 2.30. The summed E-state index contributed by atoms with van der Waals surface area (Å²) >= 11 is 5.71. The van der Waals surface area contributed by atoms with Crippen LogP contribution in [0.25, 0.3) is 0 Å². The Morgan fingerprint density at radius 3 is 2.24 bits per heavy atom. The van der Waals surface area contributed by atoms with Crippen molar-refractivity contribution >= 4 is 27.5 Å². The number of halogens is 2. The number of rotatable bonds is 3. The SMILES string of the molecule is O=C(c1ccc(Cl)nc1)N1CCN(S(=O)(=O)c2ccc(F)cc2)CC1. The molecular weight excluding hydrogens is 369 g/mol. The van der Waals surface area contributed by atoms with Crippen LogP contribution < -0.4 is 0 Å². The van der Waals surface area contributed by atoms with Crippen molar-refractivity contribution in [3.8, 4) is 0 Å². The van der Waals surface area contributed by atoms with Crippen LogP contribution in [0.5, 0.6) is 0 Å². The molecule has 0 saturated carbocycles. The monoisotopic (exact) mass is 383 g/mol. The second-order valence-electron chi connectivity index (χ2n) is 5.52. The molecule has 25 heavy (non-hydrogen) atoms. The van der Waals surface area contributed by atoms with Gasteiger partial charge in [-0.15, -0.1) is 0 Å². The number of carbonyl (C=O) groups is 1. The predicted octanol–water partition coefficient (Wildman–Crippen LogP) is 2.02. The van der Waals surface area contributed by atoms with Crippen molar-refractivity contribution < 1.29 is 17.6 Å². The first-order valence-electron chi connectivity index (χ1n) is 7.54. The maximum atomic E-state index is 13.0. The second-order valence-corrected chi connectivity index (χ2v) is 7.84. The molecule has 1 amide bonds. The van der Waals surface area contributed by atoms with E-state index < -0.39 is 15.8 Å². The fourth-order valence-electron chi connectivity index (χ4n) is 2.57. The van der Waals surface area contributed by atoms with E-state index in [2.05, 4.69) is 4.98 Å². The summed E-state index contributed by atoms with van der Waals surface area (Å²) in [5.74, 6) is -0.714. The molecule has 0 bridgehead atoms. The molecule has 1 fully saturated rings. The van der Waals surface area contributed by atoms with Crippen molar-refractivity contribution in [2.75, 3.05) is 26.2 Å². The third-order valence-corrected chi connectivity index (χ3v) is 6.09. The van der Waals surface area contributed by atoms with Gasteiger partial charge in [-0.3, -0.25) is 4.79 Å². The Balaban J connectivity index is 1.68. The van der Waals surface area contributed by atoms with Crippen LogP contribution in [-0.2, 0) is 10.0 Å². The minimum absolute atomic E-state index is 0.0376. The molecule has 1 aromatic heterocycles. The van der Waals surface area contributed by atoms with Crippen molar-refractivity contribution in [1.29, 1.82) is 0 Å². The minimum atomic E-state index is -3.70. The summed E-state index contributed by atoms with van der Waals surface area (Å²) in [5.41, 5.74) is 0.402. The van der Waals surface area contributed by atoms with Gasteiger partial charge in [0.2, 0.25) is 10.0 Å². The molecule has 0 spiro atoms. The molecule has 1 aromatic carbocycles. The lowest BCUT2D eigenvalue weighted by Gasteiger charge is -2.34. The fourth-order valence-corrected chi connectivity index (χ4v) is 4.11. The van der Waals surface area contributed by atoms with Crippen LogP contribution in [0.4, 0.5) is 4.39 Å². The Morgan fingerprint density at radius 1 is 1.04 bits per heavy atom. The maximum absolute atomic E-state index is 13.0. The highest BCUT2D eigenvalue weighted by Crippen LogP contribution is 2.19. The topological polar surface area (TPSA) is 70.6 Å². The zero-order valence-corrected chi connectivity index (χ0v) is 14.7. The second kappa shape index (κ2) is 7.07. The molecule has 0 aliphatic carbocycles. The average Bonchev–Trinajstić information content (AvgIpc) is 2.62. The highest BCUT2D eigenvalue weighted by molar-refractivity contribution is 7.89. The Hall–Kier alpha value is -2.03. The molecular formula is C16H15ClFN3O3S. The fraction of sp³-hybridized carbons (Fsp3) is 0.250. The molecule has 0 N–H and O–H groups in total. The number of piperazine rings is 1. The van der Waals surface area contributed by atoms with Crippen LogP contribution in [0, 0.1) is 5.82 Å². The number of benzene rings is 1. The number of nitrogens with zero attached hydrogens (tertiary/aromatic N) is 3. The van der Waals surface area contributed by atoms with E-state index in [9.17, 15) is 17.6 Å². The molecule has 132 valence electrons. The smallest absolute Gasteiger partial charge is 0.255 e. The number of hydrogen-bond donors (Lipinski definition) is 0. The zero-order valence-electron chi connectivity index (χ0n) is 13.1. The van der Waals surface area contributed by atoms with Gasteiger partial charge >= 0.3 is 0 Å². The lowest BCUT2D eigenvalue weighted by Crippen LogP contribution is -2.50. The van der Waals surface area contributed by atoms with Crippen LogP contribution in [0.15, 0.2) is 47.5 Å². The first-order valence-corrected chi connectivity index (χ1v) is 9.36. The van der Waals surface area contributed by atoms with Crippen molar-refractivity contribution in [1.82, 2.24) is 14.2 Å². The lowest BCUT2D eigenvalue weighted by atomic mass is 10.2. The summed E-state index contributed by atoms with van der Waals surface area (Å²) in [4.78, 5) is 17.9. The molecule has 0 unspecified atom stereocenters. The molecule has 3 rings (SSSR count). The summed E-state index contributed by atoms with van der Waals surface area (Å²) in [7, 11) is -3.70. The Morgan fingerprint density at radius 2 is 1.68 bits per heavy atom. The maximum Gasteiger partial charge on any atom is 0.255 e. The molecule has 1 saturated heterocycles. The van der Waals surface area contributed by atoms with Gasteiger partial charge in [0.05, 0.1) is 10.5 Å². The first kappa shape index (κ1) is 17.8. The largest absolute Gasteiger partial charge is 0.336 e. The van der Waals surface area contributed by atoms with Crippen molar-refractivity contribution in [2.45, 2.75) is 4.90 Å². The quantitative estimate of drug-likeness (QED) is 0.760. The summed E-state index contributed by atoms with van der Waals surface area (Å²) in [6, 6.07) is 7.81. The first-order chi connectivity index (χ1) is 11.9. The van der Waals surface area contributed by atoms with E-state index in [-0.39, 0.29) is 37.0 Å². The number of aromatic nitrogens is 1. The Labute approximate surface area is 149 Å². The van der Waals surface area contributed by atoms with Gasteiger partial charge in [0.15, 0.2) is 0 Å². The average molecular weight is 384 g/mol. The number of sulfonamides is 1. The summed E-state index contributed by atoms with van der Waals surface area (Å²) < 4.78 is 39.4. The van der Waals surface area contributed by atoms with E-state index in [0.29, 0.717) is 10.7 Å². The molecule has 1 aliphatic heterocycles. The minimum Gasteiger partial charge on any atom is -0.336 e. The third kappa shape index (κ3) is 3.81. The zero-order chi connectivity index (χ0) is 18.0. The van der Waals surface area contributed by atoms with E-state index in [0.717, 1.165) is 12.1 Å². The summed E-state index contributed by atoms with van der Waals surface area (Å²) in [5, 5.41) is 0.298. The van der Waals surface area contributed by atoms with E-state index >= 15 is 0 Å². The molecule has 0 atom stereocenters. The lowest BCUT2D eigenvalue weighted by molar-refractivity contribution is 0.0697. The van der Waals surface area contributed by atoms with E-state index in [1.54, 1.807) is 11.0 Å². The molecule has 2 aromatic rings. The van der Waals surface area contributed by atoms with Crippen molar-refractivity contribution in [2.24, 2.45) is 0 Å². The number of amides is 1. The molecule has 2 heterocycles. The van der Waals surface area contributed by atoms with Gasteiger partial charge in [-0.25, -0.2) is 17.8 Å². The third-order valence-electron chi connectivity index (χ3n) is 3.95. The van der Waals surface area contributed by atoms with E-state index in [1.165, 1.54) is 28.7 Å². The number of hydrogen-bond acceptors (Lipinski definition) is 4. The molecule has 9 heteroatoms. The van der Waals surface area contributed by atoms with Crippen molar-refractivity contribution in [3.05, 3.63) is 59.1 Å². The number of pyridine rings is 1. The van der Waals surface area contributed by atoms with E-state index in [4.69, 9.17) is 11.6 Å². The van der Waals surface area contributed by atoms with Gasteiger partial charge in [-0.05, 0) is 36.4 Å². The summed E-state index contributed by atoms with van der Waals surface area (Å²) in [6.45, 7) is 0.878. The standard InChI is InChI=1S/C16H15ClFN3O3S/c17-15-6-1-12(11-19-15)16(22)20-7-9-21(10-8-20)25(23,24)14-4-2-13(18)3-5-14/h1-6,11H,7-10H2. The number of carbonyl (C=O) groups excluding carboxylic acids is 1. The van der Waals surface area contributed by atoms with Gasteiger partial charge in [0, 0.05) is 32.4 Å². The highest BCUT2D eigenvalue weighted by atomic mass is 35.5. The van der Waals surface area contributed by atoms with Gasteiger partial charge in [0.25, 0.3) is 5.91 Å². The molecule has 1 aliphatic rings.